The molecule has 0 bridgehead atoms. The molecule has 0 saturated carbocycles. The number of amides is 1. The second-order valence-electron chi connectivity index (χ2n) is 5.63. The molecule has 0 fully saturated rings. The van der Waals surface area contributed by atoms with Gasteiger partial charge in [0.25, 0.3) is 0 Å². The largest absolute Gasteiger partial charge is 0.497 e. The van der Waals surface area contributed by atoms with Crippen molar-refractivity contribution in [3.05, 3.63) is 36.5 Å². The number of likely N-dealkylation sites (N-methyl/N-ethyl adjacent to an activating group) is 1. The molecule has 0 aliphatic rings. The highest BCUT2D eigenvalue weighted by molar-refractivity contribution is 5.68. The van der Waals surface area contributed by atoms with E-state index in [0.29, 0.717) is 6.54 Å². The van der Waals surface area contributed by atoms with Crippen molar-refractivity contribution in [3.8, 4) is 5.75 Å². The van der Waals surface area contributed by atoms with Crippen LogP contribution in [0.25, 0.3) is 0 Å². The van der Waals surface area contributed by atoms with Crippen LogP contribution < -0.4 is 15.0 Å². The maximum atomic E-state index is 11.4. The zero-order chi connectivity index (χ0) is 15.9. The molecule has 0 aliphatic heterocycles. The van der Waals surface area contributed by atoms with Gasteiger partial charge in [0, 0.05) is 25.5 Å². The molecule has 0 spiro atoms. The number of anilines is 1. The average molecular weight is 292 g/mol. The van der Waals surface area contributed by atoms with Crippen LogP contribution >= 0.6 is 0 Å². The molecule has 1 rings (SSSR count). The van der Waals surface area contributed by atoms with Gasteiger partial charge in [-0.25, -0.2) is 4.79 Å². The third kappa shape index (κ3) is 6.70. The summed E-state index contributed by atoms with van der Waals surface area (Å²) < 4.78 is 10.2. The molecule has 1 aromatic carbocycles. The number of alkyl carbamates (subject to hydrolysis) is 1. The minimum atomic E-state index is -0.488. The lowest BCUT2D eigenvalue weighted by atomic mass is 10.2. The highest BCUT2D eigenvalue weighted by Gasteiger charge is 2.14. The number of rotatable bonds is 5. The lowest BCUT2D eigenvalue weighted by Gasteiger charge is -2.19. The van der Waals surface area contributed by atoms with Crippen LogP contribution in [0.1, 0.15) is 20.8 Å². The Morgan fingerprint density at radius 1 is 1.29 bits per heavy atom. The molecule has 0 saturated heterocycles. The van der Waals surface area contributed by atoms with E-state index in [-0.39, 0.29) is 0 Å². The van der Waals surface area contributed by atoms with Gasteiger partial charge in [0.05, 0.1) is 7.11 Å². The maximum Gasteiger partial charge on any atom is 0.411 e. The van der Waals surface area contributed by atoms with E-state index in [4.69, 9.17) is 9.47 Å². The first-order valence-corrected chi connectivity index (χ1v) is 6.81. The van der Waals surface area contributed by atoms with Crippen LogP contribution in [0, 0.1) is 0 Å². The molecule has 5 heteroatoms. The first-order valence-electron chi connectivity index (χ1n) is 6.81. The van der Waals surface area contributed by atoms with Crippen LogP contribution in [0.5, 0.6) is 5.75 Å². The molecule has 0 heterocycles. The average Bonchev–Trinajstić information content (AvgIpc) is 2.41. The molecule has 0 radical (unpaired) electrons. The number of methoxy groups -OCH3 is 1. The number of nitrogens with zero attached hydrogens (tertiary/aromatic N) is 1. The summed E-state index contributed by atoms with van der Waals surface area (Å²) in [4.78, 5) is 13.5. The third-order valence-electron chi connectivity index (χ3n) is 2.61. The van der Waals surface area contributed by atoms with Crippen molar-refractivity contribution in [1.29, 1.82) is 0 Å². The number of hydrogen-bond donors (Lipinski definition) is 1. The summed E-state index contributed by atoms with van der Waals surface area (Å²) >= 11 is 0. The van der Waals surface area contributed by atoms with E-state index in [2.05, 4.69) is 5.32 Å². The molecular weight excluding hydrogens is 268 g/mol. The molecule has 0 aromatic heterocycles. The topological polar surface area (TPSA) is 50.8 Å². The summed E-state index contributed by atoms with van der Waals surface area (Å²) in [5.41, 5.74) is 0.579. The first kappa shape index (κ1) is 16.9. The van der Waals surface area contributed by atoms with Gasteiger partial charge >= 0.3 is 6.09 Å². The van der Waals surface area contributed by atoms with Gasteiger partial charge in [0.2, 0.25) is 0 Å². The van der Waals surface area contributed by atoms with Crippen molar-refractivity contribution in [1.82, 2.24) is 5.32 Å². The Balaban J connectivity index is 2.39. The van der Waals surface area contributed by atoms with E-state index in [1.807, 2.05) is 63.1 Å². The zero-order valence-electron chi connectivity index (χ0n) is 13.3. The van der Waals surface area contributed by atoms with Gasteiger partial charge in [0.15, 0.2) is 0 Å². The Bertz CT molecular complexity index is 475. The smallest absolute Gasteiger partial charge is 0.411 e. The number of ether oxygens (including phenoxy) is 2. The molecule has 1 aromatic rings. The Hall–Kier alpha value is -2.17. The normalized spacial score (nSPS) is 11.3. The van der Waals surface area contributed by atoms with Crippen molar-refractivity contribution >= 4 is 11.8 Å². The highest BCUT2D eigenvalue weighted by atomic mass is 16.6. The third-order valence-corrected chi connectivity index (χ3v) is 2.61. The molecule has 1 amide bonds. The van der Waals surface area contributed by atoms with Gasteiger partial charge < -0.3 is 14.4 Å². The van der Waals surface area contributed by atoms with Crippen molar-refractivity contribution in [2.45, 2.75) is 26.4 Å². The number of nitrogens with one attached hydrogen (secondary N) is 1. The standard InChI is InChI=1S/C16H24N2O3/c1-16(2,3)21-15(19)17-11-6-12-18(4)13-7-9-14(20-5)10-8-13/h6-11H,12H2,1-5H3,(H,17,19)/b11-6+. The summed E-state index contributed by atoms with van der Waals surface area (Å²) in [6.07, 6.45) is 2.99. The summed E-state index contributed by atoms with van der Waals surface area (Å²) in [6, 6.07) is 7.78. The second-order valence-corrected chi connectivity index (χ2v) is 5.63. The number of carbonyl (C=O) groups is 1. The van der Waals surface area contributed by atoms with E-state index < -0.39 is 11.7 Å². The predicted molar refractivity (Wildman–Crippen MR) is 84.8 cm³/mol. The van der Waals surface area contributed by atoms with Gasteiger partial charge in [0.1, 0.15) is 11.4 Å². The van der Waals surface area contributed by atoms with Crippen molar-refractivity contribution in [2.24, 2.45) is 0 Å². The van der Waals surface area contributed by atoms with Crippen LogP contribution in [0.15, 0.2) is 36.5 Å². The molecule has 5 nitrogen and oxygen atoms in total. The Morgan fingerprint density at radius 2 is 1.90 bits per heavy atom. The summed E-state index contributed by atoms with van der Waals surface area (Å²) in [6.45, 7) is 6.15. The molecule has 116 valence electrons. The van der Waals surface area contributed by atoms with Crippen LogP contribution in [-0.4, -0.2) is 32.4 Å². The van der Waals surface area contributed by atoms with Gasteiger partial charge in [-0.3, -0.25) is 5.32 Å². The SMILES string of the molecule is COc1ccc(N(C)C/C=C/NC(=O)OC(C)(C)C)cc1. The lowest BCUT2D eigenvalue weighted by Crippen LogP contribution is -2.29. The summed E-state index contributed by atoms with van der Waals surface area (Å²) in [5.74, 6) is 0.828. The fourth-order valence-corrected chi connectivity index (χ4v) is 1.59. The monoisotopic (exact) mass is 292 g/mol. The molecule has 1 N–H and O–H groups in total. The fourth-order valence-electron chi connectivity index (χ4n) is 1.59. The van der Waals surface area contributed by atoms with Crippen LogP contribution in [0.4, 0.5) is 10.5 Å². The van der Waals surface area contributed by atoms with Crippen LogP contribution in [0.3, 0.4) is 0 Å². The van der Waals surface area contributed by atoms with Gasteiger partial charge in [-0.05, 0) is 51.1 Å². The highest BCUT2D eigenvalue weighted by Crippen LogP contribution is 2.17. The van der Waals surface area contributed by atoms with Crippen LogP contribution in [-0.2, 0) is 4.74 Å². The van der Waals surface area contributed by atoms with Gasteiger partial charge in [-0.15, -0.1) is 0 Å². The Kier molecular flexibility index (Phi) is 6.09. The van der Waals surface area contributed by atoms with Crippen molar-refractivity contribution in [2.75, 3.05) is 25.6 Å². The fraction of sp³-hybridized carbons (Fsp3) is 0.438. The van der Waals surface area contributed by atoms with E-state index >= 15 is 0 Å². The second kappa shape index (κ2) is 7.57. The predicted octanol–water partition coefficient (Wildman–Crippen LogP) is 3.17. The summed E-state index contributed by atoms with van der Waals surface area (Å²) in [7, 11) is 3.61. The zero-order valence-corrected chi connectivity index (χ0v) is 13.3. The quantitative estimate of drug-likeness (QED) is 0.905. The van der Waals surface area contributed by atoms with E-state index in [1.54, 1.807) is 13.3 Å². The van der Waals surface area contributed by atoms with Crippen LogP contribution in [0.2, 0.25) is 0 Å². The van der Waals surface area contributed by atoms with E-state index in [9.17, 15) is 4.79 Å². The van der Waals surface area contributed by atoms with Crippen molar-refractivity contribution in [3.63, 3.8) is 0 Å². The lowest BCUT2D eigenvalue weighted by molar-refractivity contribution is 0.0552. The summed E-state index contributed by atoms with van der Waals surface area (Å²) in [5, 5.41) is 2.58. The molecule has 0 atom stereocenters. The maximum absolute atomic E-state index is 11.4. The van der Waals surface area contributed by atoms with Gasteiger partial charge in [-0.1, -0.05) is 0 Å². The molecule has 0 unspecified atom stereocenters. The molecular formula is C16H24N2O3. The van der Waals surface area contributed by atoms with Gasteiger partial charge in [-0.2, -0.15) is 0 Å². The molecule has 21 heavy (non-hydrogen) atoms. The minimum absolute atomic E-state index is 0.453. The first-order chi connectivity index (χ1) is 9.81. The number of hydrogen-bond acceptors (Lipinski definition) is 4. The molecule has 0 aliphatic carbocycles. The van der Waals surface area contributed by atoms with E-state index in [1.165, 1.54) is 0 Å². The Labute approximate surface area is 126 Å². The number of carbonyl (C=O) groups excluding carboxylic acids is 1. The Morgan fingerprint density at radius 3 is 2.43 bits per heavy atom. The number of benzene rings is 1. The van der Waals surface area contributed by atoms with E-state index in [0.717, 1.165) is 11.4 Å². The van der Waals surface area contributed by atoms with Crippen molar-refractivity contribution < 1.29 is 14.3 Å². The minimum Gasteiger partial charge on any atom is -0.497 e.